The molecule has 0 bridgehead atoms. The van der Waals surface area contributed by atoms with E-state index in [0.29, 0.717) is 16.1 Å². The van der Waals surface area contributed by atoms with Crippen LogP contribution < -0.4 is 15.1 Å². The molecule has 27 heteroatoms. The molecule has 0 atom stereocenters. The highest BCUT2D eigenvalue weighted by molar-refractivity contribution is 7.80. The number of aromatic hydroxyl groups is 7. The maximum atomic E-state index is 12.6. The van der Waals surface area contributed by atoms with Crippen LogP contribution in [0.3, 0.4) is 0 Å². The summed E-state index contributed by atoms with van der Waals surface area (Å²) in [6, 6.07) is 46.2. The fourth-order valence-electron chi connectivity index (χ4n) is 9.70. The van der Waals surface area contributed by atoms with Crippen molar-refractivity contribution in [3.63, 3.8) is 0 Å². The van der Waals surface area contributed by atoms with Gasteiger partial charge >= 0.3 is 29.8 Å². The molecular weight excluding hydrogens is 1370 g/mol. The fraction of sp³-hybridized carbons (Fsp3) is 0.0779. The first kappa shape index (κ1) is 78.9. The molecule has 0 saturated carbocycles. The van der Waals surface area contributed by atoms with Crippen molar-refractivity contribution >= 4 is 94.4 Å². The van der Waals surface area contributed by atoms with E-state index in [1.165, 1.54) is 104 Å². The maximum absolute atomic E-state index is 12.6. The minimum absolute atomic E-state index is 0.00642. The Labute approximate surface area is 597 Å². The third kappa shape index (κ3) is 20.1. The lowest BCUT2D eigenvalue weighted by Crippen LogP contribution is -2.11. The topological polar surface area (TPSA) is 449 Å². The molecule has 0 saturated heterocycles. The molecule has 0 aromatic heterocycles. The summed E-state index contributed by atoms with van der Waals surface area (Å²) in [6.45, 7) is 3.22. The number of amides is 1. The molecule has 1 amide bonds. The Bertz CT molecular complexity index is 4930. The van der Waals surface area contributed by atoms with Crippen LogP contribution in [0.15, 0.2) is 205 Å². The van der Waals surface area contributed by atoms with Gasteiger partial charge in [-0.3, -0.25) is 28.8 Å². The van der Waals surface area contributed by atoms with E-state index < -0.39 is 70.0 Å². The number of rotatable bonds is 18. The zero-order valence-electron chi connectivity index (χ0n) is 55.8. The summed E-state index contributed by atoms with van der Waals surface area (Å²) >= 11 is 4.11. The van der Waals surface area contributed by atoms with Crippen molar-refractivity contribution in [2.24, 2.45) is 0 Å². The smallest absolute Gasteiger partial charge is 0.336 e. The van der Waals surface area contributed by atoms with E-state index >= 15 is 0 Å². The van der Waals surface area contributed by atoms with Gasteiger partial charge in [0.25, 0.3) is 0 Å². The van der Waals surface area contributed by atoms with Crippen molar-refractivity contribution in [1.82, 2.24) is 0 Å². The number of carbonyl (C=O) groups excluding carboxylic acids is 6. The molecule has 10 aromatic carbocycles. The normalized spacial score (nSPS) is 10.2. The number of aryl methyl sites for hydroxylation is 1. The number of hydrogen-bond acceptors (Lipinski definition) is 21. The third-order valence-corrected chi connectivity index (χ3v) is 15.3. The van der Waals surface area contributed by atoms with Crippen LogP contribution >= 0.6 is 12.6 Å². The molecule has 0 aliphatic heterocycles. The number of carboxylic acid groups (broad SMARTS) is 5. The number of carboxylic acids is 5. The summed E-state index contributed by atoms with van der Waals surface area (Å²) < 4.78 is 0. The molecule has 26 nitrogen and oxygen atoms in total. The number of nitrogens with zero attached hydrogens (tertiary/aromatic N) is 2. The van der Waals surface area contributed by atoms with Gasteiger partial charge in [0.15, 0.2) is 28.9 Å². The minimum atomic E-state index is -1.47. The quantitative estimate of drug-likeness (QED) is 0.0280. The second-order valence-electron chi connectivity index (χ2n) is 22.6. The van der Waals surface area contributed by atoms with E-state index in [0.717, 1.165) is 53.3 Å². The highest BCUT2D eigenvalue weighted by Gasteiger charge is 2.26. The van der Waals surface area contributed by atoms with E-state index in [1.54, 1.807) is 78.6 Å². The predicted octanol–water partition coefficient (Wildman–Crippen LogP) is 11.7. The van der Waals surface area contributed by atoms with E-state index in [4.69, 9.17) is 30.6 Å². The predicted molar refractivity (Wildman–Crippen MR) is 383 cm³/mol. The lowest BCUT2D eigenvalue weighted by molar-refractivity contribution is -0.114. The average molecular weight is 1430 g/mol. The second-order valence-corrected chi connectivity index (χ2v) is 23.1. The molecule has 0 radical (unpaired) electrons. The first-order valence-corrected chi connectivity index (χ1v) is 30.7. The van der Waals surface area contributed by atoms with Gasteiger partial charge < -0.3 is 76.4 Å². The maximum Gasteiger partial charge on any atom is 0.336 e. The Morgan fingerprint density at radius 3 is 0.923 bits per heavy atom. The van der Waals surface area contributed by atoms with Crippen LogP contribution in [-0.2, 0) is 4.79 Å². The number of carbonyl (C=O) groups is 11. The van der Waals surface area contributed by atoms with Gasteiger partial charge in [-0.1, -0.05) is 54.6 Å². The van der Waals surface area contributed by atoms with E-state index in [2.05, 4.69) is 17.9 Å². The van der Waals surface area contributed by atoms with Crippen molar-refractivity contribution in [3.05, 3.63) is 289 Å². The summed E-state index contributed by atoms with van der Waals surface area (Å²) in [6.07, 6.45) is 0. The molecule has 10 rings (SSSR count). The first-order valence-electron chi connectivity index (χ1n) is 30.3. The summed E-state index contributed by atoms with van der Waals surface area (Å²) in [5.74, 6) is -10.7. The van der Waals surface area contributed by atoms with Crippen LogP contribution in [0.1, 0.15) is 144 Å². The SMILES string of the molecule is CC(=O)Nc1ccc(C(=O)c2ccc(N(C)C)cc2O)c(C)c1.CN(C)c1ccc(C(=O)c2ccccc2C(=O)O)c(O)c1.O=C(O)c1ccc(C(=O)c2ccc(O)cc2O)c(C(=O)O)c1.O=C(O)c1ccccc1C(=O)c1ccc(O)cc1O.O=C(O)c1ccccc1C(=O)c1ccc(O)cc1S. The summed E-state index contributed by atoms with van der Waals surface area (Å²) in [5.41, 5.74) is 2.55. The lowest BCUT2D eigenvalue weighted by Gasteiger charge is -2.14. The van der Waals surface area contributed by atoms with Gasteiger partial charge in [-0.15, -0.1) is 12.6 Å². The average Bonchev–Trinajstić information content (AvgIpc) is 0.820. The Morgan fingerprint density at radius 2 is 0.606 bits per heavy atom. The van der Waals surface area contributed by atoms with E-state index in [1.807, 2.05) is 33.1 Å². The zero-order chi connectivity index (χ0) is 77.1. The highest BCUT2D eigenvalue weighted by atomic mass is 32.1. The number of ketones is 5. The molecule has 532 valence electrons. The van der Waals surface area contributed by atoms with Gasteiger partial charge in [-0.25, -0.2) is 24.0 Å². The van der Waals surface area contributed by atoms with Crippen LogP contribution in [0.4, 0.5) is 17.1 Å². The molecule has 0 aliphatic rings. The molecule has 0 heterocycles. The van der Waals surface area contributed by atoms with E-state index in [-0.39, 0.29) is 113 Å². The largest absolute Gasteiger partial charge is 0.508 e. The monoisotopic (exact) mass is 1430 g/mol. The third-order valence-electron chi connectivity index (χ3n) is 14.9. The van der Waals surface area contributed by atoms with Crippen LogP contribution in [0.25, 0.3) is 0 Å². The van der Waals surface area contributed by atoms with Crippen molar-refractivity contribution < 1.29 is 114 Å². The molecule has 10 aromatic rings. The number of aromatic carboxylic acids is 5. The van der Waals surface area contributed by atoms with Gasteiger partial charge in [-0.2, -0.15) is 0 Å². The van der Waals surface area contributed by atoms with Gasteiger partial charge in [0, 0.05) is 115 Å². The van der Waals surface area contributed by atoms with Crippen molar-refractivity contribution in [2.45, 2.75) is 18.7 Å². The molecular formula is C77H65N3O23S. The van der Waals surface area contributed by atoms with Crippen LogP contribution in [0, 0.1) is 6.92 Å². The molecule has 0 spiro atoms. The molecule has 104 heavy (non-hydrogen) atoms. The van der Waals surface area contributed by atoms with Crippen LogP contribution in [-0.4, -0.2) is 154 Å². The van der Waals surface area contributed by atoms with E-state index in [9.17, 15) is 83.4 Å². The Balaban J connectivity index is 0.000000204. The fourth-order valence-corrected chi connectivity index (χ4v) is 10.0. The summed E-state index contributed by atoms with van der Waals surface area (Å²) in [4.78, 5) is 132. The first-order chi connectivity index (χ1) is 49.0. The second kappa shape index (κ2) is 35.1. The lowest BCUT2D eigenvalue weighted by atomic mass is 9.96. The number of nitrogens with one attached hydrogen (secondary N) is 1. The number of phenols is 7. The Hall–Kier alpha value is -14.1. The number of anilines is 3. The Morgan fingerprint density at radius 1 is 0.308 bits per heavy atom. The Kier molecular flexibility index (Phi) is 26.6. The van der Waals surface area contributed by atoms with Crippen molar-refractivity contribution in [3.8, 4) is 40.2 Å². The summed E-state index contributed by atoms with van der Waals surface area (Å²) in [7, 11) is 7.36. The zero-order valence-corrected chi connectivity index (χ0v) is 56.6. The highest BCUT2D eigenvalue weighted by Crippen LogP contribution is 2.32. The minimum Gasteiger partial charge on any atom is -0.508 e. The number of phenolic OH excluding ortho intramolecular Hbond substituents is 7. The standard InChI is InChI=1S/C18H20N2O3.C16H15NO4.C15H10O7.C14H10O5.C14H10O4S/c1-11-9-13(19-12(2)21)5-7-15(11)18(23)16-8-6-14(20(3)4)10-17(16)22;1-17(2)10-7-8-13(14(18)9-10)15(19)11-5-3-4-6-12(11)16(20)21;16-8-2-4-10(12(17)6-8)13(18)9-3-1-7(14(19)20)5-11(9)15(21)22;15-8-5-6-11(12(16)7-8)13(17)9-3-1-2-4-10(9)14(18)19;15-8-5-6-11(12(19)7-8)13(16)9-3-1-2-4-10(9)14(17)18/h5-10,22H,1-4H3,(H,19,21);3-9,18H,1-2H3,(H,20,21);1-6,16-17H,(H,19,20)(H,21,22);1-7,15-16H,(H,18,19);1-7,15,19H,(H,17,18). The van der Waals surface area contributed by atoms with Crippen LogP contribution in [0.2, 0.25) is 0 Å². The molecule has 0 fully saturated rings. The van der Waals surface area contributed by atoms with Crippen molar-refractivity contribution in [2.75, 3.05) is 43.3 Å². The molecule has 0 unspecified atom stereocenters. The number of thiol groups is 1. The van der Waals surface area contributed by atoms with Crippen LogP contribution in [0.5, 0.6) is 40.2 Å². The number of hydrogen-bond donors (Lipinski definition) is 14. The number of benzene rings is 10. The van der Waals surface area contributed by atoms with Gasteiger partial charge in [-0.05, 0) is 134 Å². The molecule has 13 N–H and O–H groups in total. The van der Waals surface area contributed by atoms with Gasteiger partial charge in [0.1, 0.15) is 40.2 Å². The van der Waals surface area contributed by atoms with Gasteiger partial charge in [0.05, 0.1) is 50.1 Å². The van der Waals surface area contributed by atoms with Gasteiger partial charge in [0.2, 0.25) is 5.91 Å². The van der Waals surface area contributed by atoms with Crippen molar-refractivity contribution in [1.29, 1.82) is 0 Å². The molecule has 0 aliphatic carbocycles. The summed E-state index contributed by atoms with van der Waals surface area (Å²) in [5, 5.41) is 115.